The molecule has 0 unspecified atom stereocenters. The average Bonchev–Trinajstić information content (AvgIpc) is 3.81. The van der Waals surface area contributed by atoms with E-state index < -0.39 is 0 Å². The van der Waals surface area contributed by atoms with E-state index in [1.54, 1.807) is 0 Å². The zero-order chi connectivity index (χ0) is 30.9. The van der Waals surface area contributed by atoms with Crippen molar-refractivity contribution in [3.05, 3.63) is 164 Å². The van der Waals surface area contributed by atoms with Gasteiger partial charge in [0.15, 0.2) is 0 Å². The molecule has 0 amide bonds. The molecular weight excluding hydrogens is 607 g/mol. The Balaban J connectivity index is 1.12. The third-order valence-corrected chi connectivity index (χ3v) is 11.9. The Morgan fingerprint density at radius 3 is 1.68 bits per heavy atom. The highest BCUT2D eigenvalue weighted by atomic mass is 32.1. The summed E-state index contributed by atoms with van der Waals surface area (Å²) in [6.07, 6.45) is 0. The lowest BCUT2D eigenvalue weighted by Crippen LogP contribution is -1.92. The van der Waals surface area contributed by atoms with Gasteiger partial charge in [-0.1, -0.05) is 140 Å². The molecule has 0 aliphatic carbocycles. The highest BCUT2D eigenvalue weighted by molar-refractivity contribution is 7.27. The molecule has 1 nitrogen and oxygen atoms in total. The van der Waals surface area contributed by atoms with Crippen LogP contribution in [0.2, 0.25) is 0 Å². The standard InChI is InChI=1S/C44H27NS2/c1-3-12-28(13-4-1)33-18-9-20-36-40-32(17-11-23-39(40)46-42(33)36)29-24-26-30(27-25-29)34-19-10-21-37-41-44(47-43(34)37)35-16-7-8-22-38(35)45(41)31-14-5-2-6-15-31/h1-27H. The summed E-state index contributed by atoms with van der Waals surface area (Å²) in [7, 11) is 0. The first-order chi connectivity index (χ1) is 23.3. The molecule has 7 aromatic carbocycles. The minimum absolute atomic E-state index is 1.19. The number of thiophene rings is 2. The van der Waals surface area contributed by atoms with Gasteiger partial charge in [0.05, 0.1) is 15.7 Å². The topological polar surface area (TPSA) is 4.93 Å². The number of nitrogens with zero attached hydrogens (tertiary/aromatic N) is 1. The first kappa shape index (κ1) is 26.7. The molecule has 0 saturated heterocycles. The second-order valence-corrected chi connectivity index (χ2v) is 14.1. The van der Waals surface area contributed by atoms with Crippen LogP contribution in [0.15, 0.2) is 164 Å². The second kappa shape index (κ2) is 10.5. The molecule has 10 aromatic rings. The number of benzene rings is 7. The van der Waals surface area contributed by atoms with Crippen LogP contribution in [0.25, 0.3) is 90.4 Å². The van der Waals surface area contributed by atoms with Gasteiger partial charge in [-0.25, -0.2) is 0 Å². The Bertz CT molecular complexity index is 2760. The zero-order valence-corrected chi connectivity index (χ0v) is 27.0. The zero-order valence-electron chi connectivity index (χ0n) is 25.4. The van der Waals surface area contributed by atoms with E-state index in [0.29, 0.717) is 0 Å². The van der Waals surface area contributed by atoms with Gasteiger partial charge >= 0.3 is 0 Å². The van der Waals surface area contributed by atoms with Crippen molar-refractivity contribution < 1.29 is 0 Å². The van der Waals surface area contributed by atoms with Crippen LogP contribution in [0.4, 0.5) is 0 Å². The molecule has 0 fully saturated rings. The van der Waals surface area contributed by atoms with Crippen LogP contribution in [0.5, 0.6) is 0 Å². The van der Waals surface area contributed by atoms with E-state index in [1.807, 2.05) is 22.7 Å². The molecule has 3 heterocycles. The maximum Gasteiger partial charge on any atom is 0.0727 e. The van der Waals surface area contributed by atoms with Gasteiger partial charge in [0.1, 0.15) is 0 Å². The Morgan fingerprint density at radius 2 is 0.915 bits per heavy atom. The number of hydrogen-bond donors (Lipinski definition) is 0. The molecule has 10 rings (SSSR count). The Labute approximate surface area is 280 Å². The summed E-state index contributed by atoms with van der Waals surface area (Å²) in [6.45, 7) is 0. The molecule has 0 radical (unpaired) electrons. The summed E-state index contributed by atoms with van der Waals surface area (Å²) in [5.41, 5.74) is 11.4. The largest absolute Gasteiger partial charge is 0.308 e. The van der Waals surface area contributed by atoms with E-state index in [-0.39, 0.29) is 0 Å². The van der Waals surface area contributed by atoms with Crippen molar-refractivity contribution in [2.45, 2.75) is 0 Å². The van der Waals surface area contributed by atoms with Crippen molar-refractivity contribution in [2.24, 2.45) is 0 Å². The lowest BCUT2D eigenvalue weighted by Gasteiger charge is -2.10. The molecular formula is C44H27NS2. The molecule has 0 atom stereocenters. The molecule has 0 N–H and O–H groups in total. The van der Waals surface area contributed by atoms with E-state index in [2.05, 4.69) is 168 Å². The lowest BCUT2D eigenvalue weighted by atomic mass is 9.95. The molecule has 0 bridgehead atoms. The minimum atomic E-state index is 1.19. The van der Waals surface area contributed by atoms with Crippen molar-refractivity contribution in [3.63, 3.8) is 0 Å². The fourth-order valence-corrected chi connectivity index (χ4v) is 9.95. The maximum absolute atomic E-state index is 2.44. The van der Waals surface area contributed by atoms with Crippen molar-refractivity contribution in [2.75, 3.05) is 0 Å². The molecule has 3 aromatic heterocycles. The number of hydrogen-bond acceptors (Lipinski definition) is 2. The molecule has 47 heavy (non-hydrogen) atoms. The Kier molecular flexibility index (Phi) is 5.98. The van der Waals surface area contributed by atoms with Gasteiger partial charge < -0.3 is 4.57 Å². The molecule has 0 aliphatic heterocycles. The Hall–Kier alpha value is -5.48. The number of aromatic nitrogens is 1. The van der Waals surface area contributed by atoms with Gasteiger partial charge in [0.25, 0.3) is 0 Å². The highest BCUT2D eigenvalue weighted by Crippen LogP contribution is 2.47. The second-order valence-electron chi connectivity index (χ2n) is 12.1. The third kappa shape index (κ3) is 4.07. The van der Waals surface area contributed by atoms with E-state index in [4.69, 9.17) is 0 Å². The van der Waals surface area contributed by atoms with E-state index >= 15 is 0 Å². The fraction of sp³-hybridized carbons (Fsp3) is 0. The van der Waals surface area contributed by atoms with Crippen molar-refractivity contribution in [1.82, 2.24) is 4.57 Å². The fourth-order valence-electron chi connectivity index (χ4n) is 7.33. The van der Waals surface area contributed by atoms with E-state index in [0.717, 1.165) is 0 Å². The quantitative estimate of drug-likeness (QED) is 0.182. The lowest BCUT2D eigenvalue weighted by molar-refractivity contribution is 1.19. The minimum Gasteiger partial charge on any atom is -0.308 e. The summed E-state index contributed by atoms with van der Waals surface area (Å²) in [5.74, 6) is 0. The van der Waals surface area contributed by atoms with Crippen LogP contribution >= 0.6 is 22.7 Å². The van der Waals surface area contributed by atoms with Gasteiger partial charge in [-0.05, 0) is 57.6 Å². The Morgan fingerprint density at radius 1 is 0.362 bits per heavy atom. The molecule has 0 spiro atoms. The van der Waals surface area contributed by atoms with Gasteiger partial charge in [-0.3, -0.25) is 0 Å². The van der Waals surface area contributed by atoms with Crippen LogP contribution in [0.3, 0.4) is 0 Å². The predicted octanol–water partition coefficient (Wildman–Crippen LogP) is 13.4. The number of para-hydroxylation sites is 2. The predicted molar refractivity (Wildman–Crippen MR) is 205 cm³/mol. The van der Waals surface area contributed by atoms with Crippen LogP contribution < -0.4 is 0 Å². The molecule has 0 saturated carbocycles. The van der Waals surface area contributed by atoms with Gasteiger partial charge in [-0.15, -0.1) is 22.7 Å². The molecule has 3 heteroatoms. The summed E-state index contributed by atoms with van der Waals surface area (Å²) < 4.78 is 7.78. The van der Waals surface area contributed by atoms with E-state index in [9.17, 15) is 0 Å². The SMILES string of the molecule is c1ccc(-c2cccc3c2sc2cccc(-c4ccc(-c5cccc6c5sc5c7ccccc7n(-c7ccccc7)c65)cc4)c23)cc1. The summed E-state index contributed by atoms with van der Waals surface area (Å²) in [6, 6.07) is 59.8. The van der Waals surface area contributed by atoms with Crippen LogP contribution in [0, 0.1) is 0 Å². The maximum atomic E-state index is 2.44. The van der Waals surface area contributed by atoms with Gasteiger partial charge in [0, 0.05) is 41.3 Å². The van der Waals surface area contributed by atoms with Crippen LogP contribution in [-0.4, -0.2) is 4.57 Å². The molecule has 220 valence electrons. The smallest absolute Gasteiger partial charge is 0.0727 e. The highest BCUT2D eigenvalue weighted by Gasteiger charge is 2.20. The summed E-state index contributed by atoms with van der Waals surface area (Å²) in [4.78, 5) is 0. The average molecular weight is 634 g/mol. The third-order valence-electron chi connectivity index (χ3n) is 9.43. The number of fused-ring (bicyclic) bond motifs is 8. The first-order valence-electron chi connectivity index (χ1n) is 15.9. The number of rotatable bonds is 4. The first-order valence-corrected chi connectivity index (χ1v) is 17.6. The van der Waals surface area contributed by atoms with Gasteiger partial charge in [0.2, 0.25) is 0 Å². The van der Waals surface area contributed by atoms with Crippen molar-refractivity contribution in [3.8, 4) is 39.1 Å². The van der Waals surface area contributed by atoms with Crippen LogP contribution in [-0.2, 0) is 0 Å². The summed E-state index contributed by atoms with van der Waals surface area (Å²) in [5, 5.41) is 5.28. The monoisotopic (exact) mass is 633 g/mol. The van der Waals surface area contributed by atoms with Gasteiger partial charge in [-0.2, -0.15) is 0 Å². The normalized spacial score (nSPS) is 11.8. The summed E-state index contributed by atoms with van der Waals surface area (Å²) >= 11 is 3.81. The van der Waals surface area contributed by atoms with Crippen LogP contribution in [0.1, 0.15) is 0 Å². The van der Waals surface area contributed by atoms with E-state index in [1.165, 1.54) is 90.4 Å². The molecule has 0 aliphatic rings. The van der Waals surface area contributed by atoms with Crippen molar-refractivity contribution in [1.29, 1.82) is 0 Å². The van der Waals surface area contributed by atoms with Crippen molar-refractivity contribution >= 4 is 74.1 Å².